The SMILES string of the molecule is O=C(N[C@H]1[C@@H](C(=O)Nc2ccc(F)c(C(F)(F)F)c2)[C@H]2CC[C@@H]1/C2=C\C1CC1)C1CCC[C@@H](C2=NOC3COCC23)C1. The first-order valence-corrected chi connectivity index (χ1v) is 15.2. The molecule has 0 spiro atoms. The first-order valence-electron chi connectivity index (χ1n) is 15.2. The van der Waals surface area contributed by atoms with Gasteiger partial charge in [0.15, 0.2) is 6.10 Å². The summed E-state index contributed by atoms with van der Waals surface area (Å²) < 4.78 is 59.4. The number of oxime groups is 1. The van der Waals surface area contributed by atoms with Crippen LogP contribution in [0.15, 0.2) is 35.0 Å². The minimum absolute atomic E-state index is 0.0256. The highest BCUT2D eigenvalue weighted by Crippen LogP contribution is 2.54. The van der Waals surface area contributed by atoms with Gasteiger partial charge in [0.1, 0.15) is 5.82 Å². The van der Waals surface area contributed by atoms with E-state index in [0.29, 0.717) is 31.6 Å². The fourth-order valence-electron chi connectivity index (χ4n) is 8.07. The van der Waals surface area contributed by atoms with E-state index in [1.54, 1.807) is 0 Å². The molecule has 2 heterocycles. The van der Waals surface area contributed by atoms with Gasteiger partial charge < -0.3 is 20.2 Å². The van der Waals surface area contributed by atoms with E-state index in [4.69, 9.17) is 9.57 Å². The second-order valence-electron chi connectivity index (χ2n) is 12.9. The number of carbonyl (C=O) groups is 2. The highest BCUT2D eigenvalue weighted by molar-refractivity contribution is 5.95. The van der Waals surface area contributed by atoms with Crippen LogP contribution in [-0.2, 0) is 25.3 Å². The summed E-state index contributed by atoms with van der Waals surface area (Å²) in [7, 11) is 0. The molecule has 8 atom stereocenters. The number of carbonyl (C=O) groups excluding carboxylic acids is 2. The Balaban J connectivity index is 1.09. The maximum absolute atomic E-state index is 13.9. The van der Waals surface area contributed by atoms with E-state index < -0.39 is 35.4 Å². The normalized spacial score (nSPS) is 36.5. The molecule has 4 aliphatic carbocycles. The Kier molecular flexibility index (Phi) is 7.06. The van der Waals surface area contributed by atoms with Gasteiger partial charge in [0.05, 0.1) is 36.3 Å². The molecule has 7 rings (SSSR count). The van der Waals surface area contributed by atoms with Crippen LogP contribution in [-0.4, -0.2) is 42.9 Å². The fourth-order valence-corrected chi connectivity index (χ4v) is 8.07. The summed E-state index contributed by atoms with van der Waals surface area (Å²) >= 11 is 0. The minimum atomic E-state index is -4.88. The lowest BCUT2D eigenvalue weighted by Crippen LogP contribution is -2.50. The van der Waals surface area contributed by atoms with Gasteiger partial charge >= 0.3 is 6.18 Å². The van der Waals surface area contributed by atoms with Crippen molar-refractivity contribution in [3.8, 4) is 0 Å². The van der Waals surface area contributed by atoms with Crippen molar-refractivity contribution in [2.75, 3.05) is 18.5 Å². The number of amides is 2. The molecule has 6 aliphatic rings. The number of ether oxygens (including phenoxy) is 1. The van der Waals surface area contributed by atoms with Crippen molar-refractivity contribution >= 4 is 23.2 Å². The molecular formula is C31H35F4N3O4. The summed E-state index contributed by atoms with van der Waals surface area (Å²) in [6.45, 7) is 1.13. The Bertz CT molecular complexity index is 1330. The highest BCUT2D eigenvalue weighted by Gasteiger charge is 2.55. The topological polar surface area (TPSA) is 89.0 Å². The molecule has 5 fully saturated rings. The van der Waals surface area contributed by atoms with Crippen LogP contribution in [0.4, 0.5) is 23.2 Å². The second-order valence-corrected chi connectivity index (χ2v) is 12.9. The lowest BCUT2D eigenvalue weighted by atomic mass is 9.75. The molecule has 0 aromatic heterocycles. The highest BCUT2D eigenvalue weighted by atomic mass is 19.4. The Hall–Kier alpha value is -2.95. The number of alkyl halides is 3. The average molecular weight is 590 g/mol. The van der Waals surface area contributed by atoms with Gasteiger partial charge in [0, 0.05) is 29.5 Å². The van der Waals surface area contributed by atoms with Crippen LogP contribution in [0.25, 0.3) is 0 Å². The standard InChI is InChI=1S/C31H35F4N3O4/c32-24-9-6-18(12-23(24)31(33,34)35)36-30(40)26-19-7-8-20(21(19)10-15-4-5-15)28(26)37-29(39)17-3-1-2-16(11-17)27-22-13-41-14-25(22)42-38-27/h6,9-10,12,15-17,19-20,22,25-26,28H,1-5,7-8,11,13-14H2,(H,36,40)(H,37,39)/b21-10-/t16-,17?,19+,20-,22?,25?,26+,28-/m1/s1. The minimum Gasteiger partial charge on any atom is -0.389 e. The van der Waals surface area contributed by atoms with Crippen molar-refractivity contribution in [3.05, 3.63) is 41.2 Å². The summed E-state index contributed by atoms with van der Waals surface area (Å²) in [5.41, 5.74) is 0.661. The third kappa shape index (κ3) is 5.11. The molecule has 1 saturated heterocycles. The number of hydrogen-bond acceptors (Lipinski definition) is 5. The number of rotatable bonds is 6. The molecule has 1 aromatic rings. The number of hydrogen-bond donors (Lipinski definition) is 2. The fraction of sp³-hybridized carbons (Fsp3) is 0.645. The van der Waals surface area contributed by atoms with Gasteiger partial charge in [-0.3, -0.25) is 9.59 Å². The van der Waals surface area contributed by atoms with E-state index in [2.05, 4.69) is 21.9 Å². The molecule has 4 saturated carbocycles. The molecular weight excluding hydrogens is 554 g/mol. The van der Waals surface area contributed by atoms with E-state index in [1.165, 1.54) is 5.57 Å². The van der Waals surface area contributed by atoms with Crippen LogP contribution in [0.5, 0.6) is 0 Å². The number of nitrogens with zero attached hydrogens (tertiary/aromatic N) is 1. The molecule has 3 unspecified atom stereocenters. The zero-order valence-corrected chi connectivity index (χ0v) is 23.2. The monoisotopic (exact) mass is 589 g/mol. The predicted octanol–water partition coefficient (Wildman–Crippen LogP) is 5.47. The Labute approximate surface area is 241 Å². The Morgan fingerprint density at radius 2 is 1.79 bits per heavy atom. The third-order valence-electron chi connectivity index (χ3n) is 10.3. The lowest BCUT2D eigenvalue weighted by Gasteiger charge is -2.34. The van der Waals surface area contributed by atoms with Gasteiger partial charge in [-0.2, -0.15) is 13.2 Å². The van der Waals surface area contributed by atoms with Crippen LogP contribution >= 0.6 is 0 Å². The smallest absolute Gasteiger partial charge is 0.389 e. The van der Waals surface area contributed by atoms with Gasteiger partial charge in [-0.25, -0.2) is 4.39 Å². The van der Waals surface area contributed by atoms with Crippen molar-refractivity contribution in [1.29, 1.82) is 0 Å². The van der Waals surface area contributed by atoms with E-state index in [1.807, 2.05) is 0 Å². The summed E-state index contributed by atoms with van der Waals surface area (Å²) in [5, 5.41) is 10.2. The van der Waals surface area contributed by atoms with Crippen molar-refractivity contribution in [1.82, 2.24) is 5.32 Å². The van der Waals surface area contributed by atoms with Crippen molar-refractivity contribution in [2.24, 2.45) is 46.6 Å². The predicted molar refractivity (Wildman–Crippen MR) is 145 cm³/mol. The number of benzene rings is 1. The third-order valence-corrected chi connectivity index (χ3v) is 10.3. The maximum Gasteiger partial charge on any atom is 0.419 e. The van der Waals surface area contributed by atoms with E-state index in [-0.39, 0.29) is 47.3 Å². The van der Waals surface area contributed by atoms with Crippen LogP contribution in [0.2, 0.25) is 0 Å². The Morgan fingerprint density at radius 1 is 0.976 bits per heavy atom. The summed E-state index contributed by atoms with van der Waals surface area (Å²) in [5.74, 6) is -2.02. The average Bonchev–Trinajstić information content (AvgIpc) is 3.23. The van der Waals surface area contributed by atoms with Crippen molar-refractivity contribution < 1.29 is 36.7 Å². The van der Waals surface area contributed by atoms with Gasteiger partial charge in [0.2, 0.25) is 11.8 Å². The van der Waals surface area contributed by atoms with E-state index >= 15 is 0 Å². The number of halogens is 4. The number of nitrogens with one attached hydrogen (secondary N) is 2. The zero-order chi connectivity index (χ0) is 29.2. The molecule has 2 aliphatic heterocycles. The van der Waals surface area contributed by atoms with Gasteiger partial charge in [0.25, 0.3) is 0 Å². The second kappa shape index (κ2) is 10.6. The number of fused-ring (bicyclic) bond motifs is 3. The lowest BCUT2D eigenvalue weighted by molar-refractivity contribution is -0.140. The summed E-state index contributed by atoms with van der Waals surface area (Å²) in [6.07, 6.45) is 4.46. The van der Waals surface area contributed by atoms with Crippen molar-refractivity contribution in [2.45, 2.75) is 69.7 Å². The van der Waals surface area contributed by atoms with Gasteiger partial charge in [-0.1, -0.05) is 23.2 Å². The molecule has 42 heavy (non-hydrogen) atoms. The Morgan fingerprint density at radius 3 is 2.57 bits per heavy atom. The molecule has 1 aromatic carbocycles. The van der Waals surface area contributed by atoms with Gasteiger partial charge in [-0.15, -0.1) is 0 Å². The van der Waals surface area contributed by atoms with E-state index in [0.717, 1.165) is 62.8 Å². The molecule has 7 nitrogen and oxygen atoms in total. The molecule has 2 amide bonds. The van der Waals surface area contributed by atoms with Crippen LogP contribution in [0, 0.1) is 47.2 Å². The van der Waals surface area contributed by atoms with Crippen LogP contribution in [0.1, 0.15) is 56.9 Å². The largest absolute Gasteiger partial charge is 0.419 e. The number of anilines is 1. The molecule has 11 heteroatoms. The zero-order valence-electron chi connectivity index (χ0n) is 23.2. The quantitative estimate of drug-likeness (QED) is 0.341. The van der Waals surface area contributed by atoms with Crippen LogP contribution < -0.4 is 10.6 Å². The first-order chi connectivity index (χ1) is 20.2. The summed E-state index contributed by atoms with van der Waals surface area (Å²) in [6, 6.07) is 2.05. The first kappa shape index (κ1) is 27.9. The molecule has 226 valence electrons. The molecule has 2 N–H and O–H groups in total. The van der Waals surface area contributed by atoms with Crippen molar-refractivity contribution in [3.63, 3.8) is 0 Å². The van der Waals surface area contributed by atoms with Crippen LogP contribution in [0.3, 0.4) is 0 Å². The summed E-state index contributed by atoms with van der Waals surface area (Å²) in [4.78, 5) is 33.0. The van der Waals surface area contributed by atoms with Gasteiger partial charge in [-0.05, 0) is 75.0 Å². The molecule has 2 bridgehead atoms. The van der Waals surface area contributed by atoms with E-state index in [9.17, 15) is 27.2 Å². The number of allylic oxidation sites excluding steroid dienone is 1. The maximum atomic E-state index is 13.9. The molecule has 0 radical (unpaired) electrons.